The maximum absolute atomic E-state index is 12.6. The number of aromatic nitrogens is 3. The lowest BCUT2D eigenvalue weighted by molar-refractivity contribution is 0.152. The van der Waals surface area contributed by atoms with Crippen LogP contribution in [0.25, 0.3) is 21.9 Å². The summed E-state index contributed by atoms with van der Waals surface area (Å²) in [5, 5.41) is 5.94. The van der Waals surface area contributed by atoms with E-state index < -0.39 is 0 Å². The van der Waals surface area contributed by atoms with Crippen molar-refractivity contribution in [3.05, 3.63) is 71.0 Å². The number of rotatable bonds is 3. The van der Waals surface area contributed by atoms with Crippen molar-refractivity contribution in [2.75, 3.05) is 13.1 Å². The topological polar surface area (TPSA) is 64.2 Å². The van der Waals surface area contributed by atoms with E-state index in [1.165, 1.54) is 0 Å². The number of para-hydroxylation sites is 2. The summed E-state index contributed by atoms with van der Waals surface area (Å²) >= 11 is 0. The van der Waals surface area contributed by atoms with Crippen LogP contribution in [0.3, 0.4) is 0 Å². The van der Waals surface area contributed by atoms with Crippen LogP contribution in [-0.2, 0) is 6.67 Å². The third-order valence-electron chi connectivity index (χ3n) is 5.34. The molecule has 1 fully saturated rings. The minimum absolute atomic E-state index is 0.0332. The van der Waals surface area contributed by atoms with Crippen molar-refractivity contribution < 1.29 is 4.42 Å². The highest BCUT2D eigenvalue weighted by Crippen LogP contribution is 2.29. The maximum Gasteiger partial charge on any atom is 0.275 e. The Morgan fingerprint density at radius 1 is 1.04 bits per heavy atom. The predicted molar refractivity (Wildman–Crippen MR) is 104 cm³/mol. The molecule has 0 unspecified atom stereocenters. The summed E-state index contributed by atoms with van der Waals surface area (Å²) in [6.45, 7) is 2.30. The second-order valence-electron chi connectivity index (χ2n) is 7.09. The molecule has 3 heterocycles. The molecule has 1 saturated heterocycles. The maximum atomic E-state index is 12.6. The van der Waals surface area contributed by atoms with Gasteiger partial charge in [-0.2, -0.15) is 5.10 Å². The summed E-state index contributed by atoms with van der Waals surface area (Å²) in [5.41, 5.74) is 1.73. The lowest BCUT2D eigenvalue weighted by Gasteiger charge is -2.30. The van der Waals surface area contributed by atoms with Crippen molar-refractivity contribution in [3.8, 4) is 0 Å². The molecule has 0 spiro atoms. The highest BCUT2D eigenvalue weighted by Gasteiger charge is 2.25. The van der Waals surface area contributed by atoms with Crippen molar-refractivity contribution >= 4 is 21.9 Å². The van der Waals surface area contributed by atoms with E-state index in [2.05, 4.69) is 15.0 Å². The molecular weight excluding hydrogens is 340 g/mol. The summed E-state index contributed by atoms with van der Waals surface area (Å²) in [6.07, 6.45) is 3.70. The zero-order chi connectivity index (χ0) is 18.2. The zero-order valence-corrected chi connectivity index (χ0v) is 14.9. The highest BCUT2D eigenvalue weighted by atomic mass is 16.3. The van der Waals surface area contributed by atoms with Crippen molar-refractivity contribution in [1.29, 1.82) is 0 Å². The van der Waals surface area contributed by atoms with Gasteiger partial charge in [0.25, 0.3) is 5.56 Å². The van der Waals surface area contributed by atoms with Crippen LogP contribution < -0.4 is 5.56 Å². The summed E-state index contributed by atoms with van der Waals surface area (Å²) in [6, 6.07) is 15.5. The van der Waals surface area contributed by atoms with Crippen LogP contribution in [0.2, 0.25) is 0 Å². The van der Waals surface area contributed by atoms with Crippen molar-refractivity contribution in [2.24, 2.45) is 0 Å². The summed E-state index contributed by atoms with van der Waals surface area (Å²) < 4.78 is 7.49. The standard InChI is InChI=1S/C21H20N4O2/c26-21-17-6-2-1-5-16(17)13-22-25(21)14-24-11-9-15(10-12-24)20-23-18-7-3-4-8-19(18)27-20/h1-8,13,15H,9-12,14H2. The van der Waals surface area contributed by atoms with Gasteiger partial charge in [0.15, 0.2) is 11.5 Å². The molecule has 0 N–H and O–H groups in total. The van der Waals surface area contributed by atoms with Gasteiger partial charge >= 0.3 is 0 Å². The normalized spacial score (nSPS) is 16.3. The minimum atomic E-state index is -0.0332. The second kappa shape index (κ2) is 6.63. The van der Waals surface area contributed by atoms with Gasteiger partial charge in [0.1, 0.15) is 5.52 Å². The van der Waals surface area contributed by atoms with Gasteiger partial charge in [0.2, 0.25) is 0 Å². The Morgan fingerprint density at radius 3 is 2.67 bits per heavy atom. The Labute approximate surface area is 156 Å². The van der Waals surface area contributed by atoms with Crippen molar-refractivity contribution in [2.45, 2.75) is 25.4 Å². The van der Waals surface area contributed by atoms with Gasteiger partial charge in [-0.05, 0) is 31.0 Å². The Morgan fingerprint density at radius 2 is 1.81 bits per heavy atom. The monoisotopic (exact) mass is 360 g/mol. The first-order valence-corrected chi connectivity index (χ1v) is 9.30. The Kier molecular flexibility index (Phi) is 3.98. The van der Waals surface area contributed by atoms with E-state index in [9.17, 15) is 4.79 Å². The molecule has 27 heavy (non-hydrogen) atoms. The molecule has 5 rings (SSSR count). The number of benzene rings is 2. The SMILES string of the molecule is O=c1c2ccccc2cnn1CN1CCC(c2nc3ccccc3o2)CC1. The third-order valence-corrected chi connectivity index (χ3v) is 5.34. The highest BCUT2D eigenvalue weighted by molar-refractivity contribution is 5.80. The predicted octanol–water partition coefficient (Wildman–Crippen LogP) is 3.37. The van der Waals surface area contributed by atoms with Crippen LogP contribution in [0, 0.1) is 0 Å². The summed E-state index contributed by atoms with van der Waals surface area (Å²) in [7, 11) is 0. The largest absolute Gasteiger partial charge is 0.440 e. The third kappa shape index (κ3) is 3.02. The zero-order valence-electron chi connectivity index (χ0n) is 14.9. The van der Waals surface area contributed by atoms with Crippen molar-refractivity contribution in [1.82, 2.24) is 19.7 Å². The van der Waals surface area contributed by atoms with E-state index in [0.29, 0.717) is 18.0 Å². The fourth-order valence-electron chi connectivity index (χ4n) is 3.80. The van der Waals surface area contributed by atoms with Gasteiger partial charge in [0, 0.05) is 24.4 Å². The molecule has 0 radical (unpaired) electrons. The van der Waals surface area contributed by atoms with E-state index in [1.54, 1.807) is 10.9 Å². The molecule has 2 aromatic heterocycles. The lowest BCUT2D eigenvalue weighted by atomic mass is 9.97. The van der Waals surface area contributed by atoms with E-state index in [4.69, 9.17) is 4.42 Å². The molecule has 0 saturated carbocycles. The first-order valence-electron chi connectivity index (χ1n) is 9.30. The van der Waals surface area contributed by atoms with Crippen molar-refractivity contribution in [3.63, 3.8) is 0 Å². The number of nitrogens with zero attached hydrogens (tertiary/aromatic N) is 4. The van der Waals surface area contributed by atoms with Crippen LogP contribution in [0.1, 0.15) is 24.7 Å². The molecule has 2 aromatic carbocycles. The summed E-state index contributed by atoms with van der Waals surface area (Å²) in [4.78, 5) is 19.5. The molecule has 6 heteroatoms. The molecular formula is C21H20N4O2. The van der Waals surface area contributed by atoms with Gasteiger partial charge in [-0.15, -0.1) is 0 Å². The van der Waals surface area contributed by atoms with Crippen LogP contribution in [0.15, 0.2) is 63.9 Å². The average Bonchev–Trinajstić information content (AvgIpc) is 3.15. The molecule has 0 atom stereocenters. The number of likely N-dealkylation sites (tertiary alicyclic amines) is 1. The second-order valence-corrected chi connectivity index (χ2v) is 7.09. The smallest absolute Gasteiger partial charge is 0.275 e. The van der Waals surface area contributed by atoms with E-state index in [0.717, 1.165) is 48.3 Å². The van der Waals surface area contributed by atoms with Gasteiger partial charge in [-0.1, -0.05) is 30.3 Å². The van der Waals surface area contributed by atoms with Gasteiger partial charge < -0.3 is 4.42 Å². The fraction of sp³-hybridized carbons (Fsp3) is 0.286. The number of piperidine rings is 1. The average molecular weight is 360 g/mol. The Bertz CT molecular complexity index is 1120. The minimum Gasteiger partial charge on any atom is -0.440 e. The molecule has 0 aliphatic carbocycles. The van der Waals surface area contributed by atoms with E-state index in [-0.39, 0.29) is 5.56 Å². The molecule has 1 aliphatic heterocycles. The quantitative estimate of drug-likeness (QED) is 0.560. The number of oxazole rings is 1. The van der Waals surface area contributed by atoms with Gasteiger partial charge in [0.05, 0.1) is 18.3 Å². The first kappa shape index (κ1) is 16.2. The van der Waals surface area contributed by atoms with Crippen LogP contribution >= 0.6 is 0 Å². The van der Waals surface area contributed by atoms with Crippen LogP contribution in [-0.4, -0.2) is 32.8 Å². The number of hydrogen-bond acceptors (Lipinski definition) is 5. The summed E-state index contributed by atoms with van der Waals surface area (Å²) in [5.74, 6) is 1.16. The van der Waals surface area contributed by atoms with Crippen LogP contribution in [0.4, 0.5) is 0 Å². The van der Waals surface area contributed by atoms with Gasteiger partial charge in [-0.3, -0.25) is 9.69 Å². The number of hydrogen-bond donors (Lipinski definition) is 0. The lowest BCUT2D eigenvalue weighted by Crippen LogP contribution is -2.38. The Balaban J connectivity index is 1.29. The fourth-order valence-corrected chi connectivity index (χ4v) is 3.80. The Hall–Kier alpha value is -2.99. The van der Waals surface area contributed by atoms with Gasteiger partial charge in [-0.25, -0.2) is 9.67 Å². The van der Waals surface area contributed by atoms with E-state index in [1.807, 2.05) is 48.5 Å². The molecule has 4 aromatic rings. The van der Waals surface area contributed by atoms with Crippen LogP contribution in [0.5, 0.6) is 0 Å². The first-order chi connectivity index (χ1) is 13.3. The van der Waals surface area contributed by atoms with E-state index >= 15 is 0 Å². The molecule has 6 nitrogen and oxygen atoms in total. The molecule has 136 valence electrons. The number of fused-ring (bicyclic) bond motifs is 2. The molecule has 0 bridgehead atoms. The molecule has 1 aliphatic rings. The molecule has 0 amide bonds.